The number of benzene rings is 1. The van der Waals surface area contributed by atoms with Gasteiger partial charge in [0.25, 0.3) is 0 Å². The van der Waals surface area contributed by atoms with Crippen molar-refractivity contribution in [3.63, 3.8) is 0 Å². The second kappa shape index (κ2) is 6.78. The van der Waals surface area contributed by atoms with E-state index in [1.54, 1.807) is 0 Å². The third-order valence-electron chi connectivity index (χ3n) is 2.79. The molecule has 0 amide bonds. The highest BCUT2D eigenvalue weighted by atomic mass is 16.6. The van der Waals surface area contributed by atoms with Crippen LogP contribution in [0.15, 0.2) is 30.5 Å². The largest absolute Gasteiger partial charge is 0.483 e. The standard InChI is InChI=1S/C15H17NO5/c1-10(17)19-8-12(9-20-11(2)18)21-15-5-3-4-14-13(15)6-7-16-14/h3-7,12,16H,8-9H2,1-2H3. The van der Waals surface area contributed by atoms with Crippen molar-refractivity contribution < 1.29 is 23.8 Å². The van der Waals surface area contributed by atoms with E-state index in [0.717, 1.165) is 10.9 Å². The molecule has 0 radical (unpaired) electrons. The predicted molar refractivity (Wildman–Crippen MR) is 76.0 cm³/mol. The molecule has 0 saturated carbocycles. The van der Waals surface area contributed by atoms with Crippen molar-refractivity contribution in [1.82, 2.24) is 4.98 Å². The SMILES string of the molecule is CC(=O)OCC(COC(C)=O)Oc1cccc2[nH]ccc12. The third-order valence-corrected chi connectivity index (χ3v) is 2.79. The Morgan fingerprint density at radius 1 is 1.10 bits per heavy atom. The van der Waals surface area contributed by atoms with Crippen molar-refractivity contribution in [3.8, 4) is 5.75 Å². The highest BCUT2D eigenvalue weighted by molar-refractivity contribution is 5.85. The topological polar surface area (TPSA) is 77.6 Å². The van der Waals surface area contributed by atoms with Crippen molar-refractivity contribution in [2.75, 3.05) is 13.2 Å². The Balaban J connectivity index is 2.10. The van der Waals surface area contributed by atoms with Crippen LogP contribution >= 0.6 is 0 Å². The summed E-state index contributed by atoms with van der Waals surface area (Å²) in [5.41, 5.74) is 0.936. The maximum atomic E-state index is 10.9. The average molecular weight is 291 g/mol. The van der Waals surface area contributed by atoms with E-state index in [0.29, 0.717) is 5.75 Å². The van der Waals surface area contributed by atoms with Crippen LogP contribution in [0.2, 0.25) is 0 Å². The normalized spacial score (nSPS) is 10.6. The van der Waals surface area contributed by atoms with Crippen LogP contribution in [0.3, 0.4) is 0 Å². The Hall–Kier alpha value is -2.50. The molecule has 1 aromatic heterocycles. The van der Waals surface area contributed by atoms with E-state index in [4.69, 9.17) is 14.2 Å². The second-order valence-corrected chi connectivity index (χ2v) is 4.54. The monoisotopic (exact) mass is 291 g/mol. The maximum Gasteiger partial charge on any atom is 0.302 e. The molecule has 1 N–H and O–H groups in total. The number of rotatable bonds is 6. The molecular weight excluding hydrogens is 274 g/mol. The summed E-state index contributed by atoms with van der Waals surface area (Å²) in [6.45, 7) is 2.67. The van der Waals surface area contributed by atoms with E-state index in [2.05, 4.69) is 4.98 Å². The average Bonchev–Trinajstić information content (AvgIpc) is 2.90. The number of H-pyrrole nitrogens is 1. The fraction of sp³-hybridized carbons (Fsp3) is 0.333. The maximum absolute atomic E-state index is 10.9. The Bertz CT molecular complexity index is 616. The molecule has 1 aromatic carbocycles. The number of fused-ring (bicyclic) bond motifs is 1. The van der Waals surface area contributed by atoms with Crippen LogP contribution in [0.25, 0.3) is 10.9 Å². The van der Waals surface area contributed by atoms with E-state index in [-0.39, 0.29) is 13.2 Å². The van der Waals surface area contributed by atoms with Gasteiger partial charge >= 0.3 is 11.9 Å². The first-order valence-electron chi connectivity index (χ1n) is 6.55. The fourth-order valence-corrected chi connectivity index (χ4v) is 1.88. The van der Waals surface area contributed by atoms with Gasteiger partial charge in [0.05, 0.1) is 0 Å². The van der Waals surface area contributed by atoms with Crippen molar-refractivity contribution in [3.05, 3.63) is 30.5 Å². The first-order valence-corrected chi connectivity index (χ1v) is 6.55. The number of nitrogens with one attached hydrogen (secondary N) is 1. The van der Waals surface area contributed by atoms with Crippen molar-refractivity contribution in [2.45, 2.75) is 20.0 Å². The van der Waals surface area contributed by atoms with Gasteiger partial charge in [0.2, 0.25) is 0 Å². The molecule has 0 fully saturated rings. The van der Waals surface area contributed by atoms with Crippen molar-refractivity contribution >= 4 is 22.8 Å². The first kappa shape index (κ1) is 14.9. The Kier molecular flexibility index (Phi) is 4.81. The summed E-state index contributed by atoms with van der Waals surface area (Å²) < 4.78 is 15.7. The summed E-state index contributed by atoms with van der Waals surface area (Å²) in [6, 6.07) is 7.47. The number of ether oxygens (including phenoxy) is 3. The van der Waals surface area contributed by atoms with Crippen LogP contribution in [0.1, 0.15) is 13.8 Å². The van der Waals surface area contributed by atoms with Gasteiger partial charge < -0.3 is 19.2 Å². The van der Waals surface area contributed by atoms with Crippen LogP contribution in [0.4, 0.5) is 0 Å². The molecule has 0 spiro atoms. The quantitative estimate of drug-likeness (QED) is 0.824. The van der Waals surface area contributed by atoms with E-state index < -0.39 is 18.0 Å². The lowest BCUT2D eigenvalue weighted by molar-refractivity contribution is -0.148. The Labute approximate surface area is 122 Å². The van der Waals surface area contributed by atoms with Crippen molar-refractivity contribution in [1.29, 1.82) is 0 Å². The number of hydrogen-bond acceptors (Lipinski definition) is 5. The summed E-state index contributed by atoms with van der Waals surface area (Å²) in [6.07, 6.45) is 1.25. The molecule has 6 nitrogen and oxygen atoms in total. The van der Waals surface area contributed by atoms with Gasteiger partial charge in [-0.1, -0.05) is 6.07 Å². The van der Waals surface area contributed by atoms with Gasteiger partial charge in [0.15, 0.2) is 6.10 Å². The molecule has 21 heavy (non-hydrogen) atoms. The molecule has 2 aromatic rings. The van der Waals surface area contributed by atoms with Gasteiger partial charge in [0, 0.05) is 30.9 Å². The molecular formula is C15H17NO5. The van der Waals surface area contributed by atoms with Gasteiger partial charge in [-0.3, -0.25) is 9.59 Å². The van der Waals surface area contributed by atoms with E-state index in [1.807, 2.05) is 30.5 Å². The van der Waals surface area contributed by atoms with E-state index >= 15 is 0 Å². The van der Waals surface area contributed by atoms with E-state index in [9.17, 15) is 9.59 Å². The number of aromatic nitrogens is 1. The molecule has 0 atom stereocenters. The fourth-order valence-electron chi connectivity index (χ4n) is 1.88. The zero-order chi connectivity index (χ0) is 15.2. The van der Waals surface area contributed by atoms with Gasteiger partial charge in [-0.05, 0) is 18.2 Å². The number of aromatic amines is 1. The highest BCUT2D eigenvalue weighted by Gasteiger charge is 2.16. The number of hydrogen-bond donors (Lipinski definition) is 1. The molecule has 0 aliphatic rings. The third kappa shape index (κ3) is 4.24. The van der Waals surface area contributed by atoms with Gasteiger partial charge in [-0.15, -0.1) is 0 Å². The summed E-state index contributed by atoms with van der Waals surface area (Å²) in [5.74, 6) is -0.185. The molecule has 0 aliphatic heterocycles. The molecule has 2 rings (SSSR count). The minimum atomic E-state index is -0.557. The van der Waals surface area contributed by atoms with Crippen LogP contribution in [-0.2, 0) is 19.1 Å². The van der Waals surface area contributed by atoms with Crippen molar-refractivity contribution in [2.24, 2.45) is 0 Å². The summed E-state index contributed by atoms with van der Waals surface area (Å²) in [5, 5.41) is 0.910. The number of carbonyl (C=O) groups is 2. The minimum Gasteiger partial charge on any atom is -0.483 e. The molecule has 0 unspecified atom stereocenters. The van der Waals surface area contributed by atoms with Crippen LogP contribution < -0.4 is 4.74 Å². The molecule has 0 aliphatic carbocycles. The zero-order valence-corrected chi connectivity index (χ0v) is 11.9. The molecule has 6 heteroatoms. The lowest BCUT2D eigenvalue weighted by Crippen LogP contribution is -2.30. The van der Waals surface area contributed by atoms with Gasteiger partial charge in [-0.25, -0.2) is 0 Å². The Morgan fingerprint density at radius 3 is 2.38 bits per heavy atom. The summed E-state index contributed by atoms with van der Waals surface area (Å²) in [4.78, 5) is 24.9. The van der Waals surface area contributed by atoms with Crippen LogP contribution in [0, 0.1) is 0 Å². The first-order chi connectivity index (χ1) is 10.1. The summed E-state index contributed by atoms with van der Waals surface area (Å²) in [7, 11) is 0. The smallest absolute Gasteiger partial charge is 0.302 e. The highest BCUT2D eigenvalue weighted by Crippen LogP contribution is 2.25. The predicted octanol–water partition coefficient (Wildman–Crippen LogP) is 2.04. The summed E-state index contributed by atoms with van der Waals surface area (Å²) >= 11 is 0. The van der Waals surface area contributed by atoms with Crippen LogP contribution in [-0.4, -0.2) is 36.2 Å². The molecule has 112 valence electrons. The zero-order valence-electron chi connectivity index (χ0n) is 11.9. The number of carbonyl (C=O) groups excluding carboxylic acids is 2. The minimum absolute atomic E-state index is 0.0173. The number of esters is 2. The Morgan fingerprint density at radius 2 is 1.76 bits per heavy atom. The van der Waals surface area contributed by atoms with E-state index in [1.165, 1.54) is 13.8 Å². The van der Waals surface area contributed by atoms with Crippen LogP contribution in [0.5, 0.6) is 5.75 Å². The lowest BCUT2D eigenvalue weighted by atomic mass is 10.2. The molecule has 0 saturated heterocycles. The second-order valence-electron chi connectivity index (χ2n) is 4.54. The van der Waals surface area contributed by atoms with Gasteiger partial charge in [-0.2, -0.15) is 0 Å². The molecule has 1 heterocycles. The molecule has 0 bridgehead atoms. The van der Waals surface area contributed by atoms with Gasteiger partial charge in [0.1, 0.15) is 19.0 Å². The lowest BCUT2D eigenvalue weighted by Gasteiger charge is -2.19.